The van der Waals surface area contributed by atoms with E-state index in [1.807, 2.05) is 6.07 Å². The molecule has 0 atom stereocenters. The van der Waals surface area contributed by atoms with Gasteiger partial charge in [0.25, 0.3) is 0 Å². The van der Waals surface area contributed by atoms with Crippen LogP contribution in [0.15, 0.2) is 16.7 Å². The molecule has 118 valence electrons. The van der Waals surface area contributed by atoms with Crippen molar-refractivity contribution in [2.24, 2.45) is 0 Å². The second kappa shape index (κ2) is 5.87. The smallest absolute Gasteiger partial charge is 0.324 e. The number of hydrogen-bond acceptors (Lipinski definition) is 6. The van der Waals surface area contributed by atoms with Gasteiger partial charge in [-0.25, -0.2) is 0 Å². The molecule has 0 unspecified atom stereocenters. The summed E-state index contributed by atoms with van der Waals surface area (Å²) in [5.74, 6) is 2.53. The van der Waals surface area contributed by atoms with Crippen LogP contribution in [0.25, 0.3) is 0 Å². The summed E-state index contributed by atoms with van der Waals surface area (Å²) in [6.07, 6.45) is 0.912. The summed E-state index contributed by atoms with van der Waals surface area (Å²) in [6, 6.07) is 4.67. The van der Waals surface area contributed by atoms with Gasteiger partial charge in [0, 0.05) is 19.0 Å². The lowest BCUT2D eigenvalue weighted by Gasteiger charge is -2.27. The minimum absolute atomic E-state index is 0.263. The fourth-order valence-electron chi connectivity index (χ4n) is 2.64. The number of nitrogens with zero attached hydrogens (tertiary/aromatic N) is 3. The predicted octanol–water partition coefficient (Wildman–Crippen LogP) is 2.77. The first-order chi connectivity index (χ1) is 10.6. The number of ether oxygens (including phenoxy) is 2. The highest BCUT2D eigenvalue weighted by Gasteiger charge is 2.23. The molecule has 2 aromatic rings. The van der Waals surface area contributed by atoms with Crippen LogP contribution in [0.3, 0.4) is 0 Å². The highest BCUT2D eigenvalue weighted by molar-refractivity contribution is 5.50. The van der Waals surface area contributed by atoms with E-state index < -0.39 is 0 Å². The Labute approximate surface area is 130 Å². The van der Waals surface area contributed by atoms with Crippen LogP contribution in [-0.4, -0.2) is 30.9 Å². The summed E-state index contributed by atoms with van der Waals surface area (Å²) in [7, 11) is 3.31. The van der Waals surface area contributed by atoms with E-state index in [-0.39, 0.29) is 5.92 Å². The molecule has 0 N–H and O–H groups in total. The van der Waals surface area contributed by atoms with Gasteiger partial charge in [-0.1, -0.05) is 19.0 Å². The third-order valence-electron chi connectivity index (χ3n) is 3.94. The normalized spacial score (nSPS) is 14.1. The van der Waals surface area contributed by atoms with Gasteiger partial charge in [-0.2, -0.15) is 4.98 Å². The average Bonchev–Trinajstić information content (AvgIpc) is 3.03. The van der Waals surface area contributed by atoms with Crippen molar-refractivity contribution in [2.75, 3.05) is 25.7 Å². The average molecular weight is 303 g/mol. The van der Waals surface area contributed by atoms with E-state index in [9.17, 15) is 0 Å². The highest BCUT2D eigenvalue weighted by Crippen LogP contribution is 2.34. The predicted molar refractivity (Wildman–Crippen MR) is 82.7 cm³/mol. The molecule has 3 rings (SSSR count). The standard InChI is InChI=1S/C16H21N3O3/c1-10(2)15-17-16(22-18-15)19-6-5-11-7-13(20-3)14(21-4)8-12(11)9-19/h7-8,10H,5-6,9H2,1-4H3. The maximum atomic E-state index is 5.39. The highest BCUT2D eigenvalue weighted by atomic mass is 16.5. The Kier molecular flexibility index (Phi) is 3.92. The molecule has 0 aliphatic carbocycles. The van der Waals surface area contributed by atoms with Crippen LogP contribution in [0.1, 0.15) is 36.7 Å². The Balaban J connectivity index is 1.86. The SMILES string of the molecule is COc1cc2c(cc1OC)CN(c1nc(C(C)C)no1)CC2. The summed E-state index contributed by atoms with van der Waals surface area (Å²) in [5, 5.41) is 4.04. The summed E-state index contributed by atoms with van der Waals surface area (Å²) in [6.45, 7) is 5.69. The molecule has 6 heteroatoms. The minimum atomic E-state index is 0.263. The molecule has 2 heterocycles. The Hall–Kier alpha value is -2.24. The van der Waals surface area contributed by atoms with Crippen molar-refractivity contribution in [2.45, 2.75) is 32.7 Å². The fourth-order valence-corrected chi connectivity index (χ4v) is 2.64. The number of anilines is 1. The molecule has 0 fully saturated rings. The first kappa shape index (κ1) is 14.7. The number of benzene rings is 1. The maximum absolute atomic E-state index is 5.39. The number of hydrogen-bond donors (Lipinski definition) is 0. The van der Waals surface area contributed by atoms with Crippen LogP contribution in [0.4, 0.5) is 6.01 Å². The van der Waals surface area contributed by atoms with Crippen LogP contribution >= 0.6 is 0 Å². The Morgan fingerprint density at radius 3 is 2.41 bits per heavy atom. The van der Waals surface area contributed by atoms with Gasteiger partial charge in [0.15, 0.2) is 17.3 Å². The van der Waals surface area contributed by atoms with E-state index in [0.717, 1.165) is 36.8 Å². The monoisotopic (exact) mass is 303 g/mol. The molecule has 0 radical (unpaired) electrons. The third-order valence-corrected chi connectivity index (χ3v) is 3.94. The van der Waals surface area contributed by atoms with Crippen molar-refractivity contribution in [3.05, 3.63) is 29.1 Å². The molecule has 1 aliphatic rings. The van der Waals surface area contributed by atoms with Crippen LogP contribution in [0.2, 0.25) is 0 Å². The Bertz CT molecular complexity index is 667. The van der Waals surface area contributed by atoms with E-state index in [1.54, 1.807) is 14.2 Å². The lowest BCUT2D eigenvalue weighted by atomic mass is 9.99. The minimum Gasteiger partial charge on any atom is -0.493 e. The number of fused-ring (bicyclic) bond motifs is 1. The van der Waals surface area contributed by atoms with E-state index in [1.165, 1.54) is 11.1 Å². The quantitative estimate of drug-likeness (QED) is 0.865. The molecule has 0 spiro atoms. The summed E-state index contributed by atoms with van der Waals surface area (Å²) in [4.78, 5) is 6.58. The van der Waals surface area contributed by atoms with Crippen LogP contribution in [0, 0.1) is 0 Å². The van der Waals surface area contributed by atoms with Gasteiger partial charge in [-0.15, -0.1) is 0 Å². The van der Waals surface area contributed by atoms with Crippen molar-refractivity contribution in [1.29, 1.82) is 0 Å². The Morgan fingerprint density at radius 2 is 1.82 bits per heavy atom. The van der Waals surface area contributed by atoms with Gasteiger partial charge in [0.2, 0.25) is 0 Å². The van der Waals surface area contributed by atoms with Crippen LogP contribution in [0.5, 0.6) is 11.5 Å². The zero-order valence-electron chi connectivity index (χ0n) is 13.4. The molecule has 1 aliphatic heterocycles. The van der Waals surface area contributed by atoms with Gasteiger partial charge < -0.3 is 18.9 Å². The number of aromatic nitrogens is 2. The molecule has 22 heavy (non-hydrogen) atoms. The second-order valence-electron chi connectivity index (χ2n) is 5.74. The Morgan fingerprint density at radius 1 is 1.14 bits per heavy atom. The first-order valence-electron chi connectivity index (χ1n) is 7.44. The van der Waals surface area contributed by atoms with Crippen molar-refractivity contribution in [3.8, 4) is 11.5 Å². The summed E-state index contributed by atoms with van der Waals surface area (Å²) < 4.78 is 16.1. The van der Waals surface area contributed by atoms with E-state index in [4.69, 9.17) is 14.0 Å². The van der Waals surface area contributed by atoms with Crippen molar-refractivity contribution in [3.63, 3.8) is 0 Å². The molecule has 0 bridgehead atoms. The van der Waals surface area contributed by atoms with E-state index >= 15 is 0 Å². The third kappa shape index (κ3) is 2.61. The van der Waals surface area contributed by atoms with Gasteiger partial charge in [0.05, 0.1) is 14.2 Å². The molecule has 1 aromatic carbocycles. The lowest BCUT2D eigenvalue weighted by molar-refractivity contribution is 0.353. The zero-order chi connectivity index (χ0) is 15.7. The first-order valence-corrected chi connectivity index (χ1v) is 7.44. The largest absolute Gasteiger partial charge is 0.493 e. The van der Waals surface area contributed by atoms with E-state index in [2.05, 4.69) is 35.0 Å². The topological polar surface area (TPSA) is 60.6 Å². The lowest BCUT2D eigenvalue weighted by Crippen LogP contribution is -2.30. The van der Waals surface area contributed by atoms with Crippen molar-refractivity contribution < 1.29 is 14.0 Å². The van der Waals surface area contributed by atoms with Gasteiger partial charge in [0.1, 0.15) is 0 Å². The molecule has 0 amide bonds. The van der Waals surface area contributed by atoms with Crippen molar-refractivity contribution >= 4 is 6.01 Å². The summed E-state index contributed by atoms with van der Waals surface area (Å²) in [5.41, 5.74) is 2.48. The number of methoxy groups -OCH3 is 2. The molecular weight excluding hydrogens is 282 g/mol. The molecule has 0 saturated heterocycles. The fraction of sp³-hybridized carbons (Fsp3) is 0.500. The van der Waals surface area contributed by atoms with E-state index in [0.29, 0.717) is 6.01 Å². The van der Waals surface area contributed by atoms with Crippen molar-refractivity contribution in [1.82, 2.24) is 10.1 Å². The molecular formula is C16H21N3O3. The summed E-state index contributed by atoms with van der Waals surface area (Å²) >= 11 is 0. The van der Waals surface area contributed by atoms with Crippen LogP contribution < -0.4 is 14.4 Å². The number of rotatable bonds is 4. The molecule has 1 aromatic heterocycles. The van der Waals surface area contributed by atoms with Gasteiger partial charge in [-0.05, 0) is 29.7 Å². The molecule has 0 saturated carbocycles. The molecule has 6 nitrogen and oxygen atoms in total. The van der Waals surface area contributed by atoms with Gasteiger partial charge in [-0.3, -0.25) is 0 Å². The zero-order valence-corrected chi connectivity index (χ0v) is 13.4. The maximum Gasteiger partial charge on any atom is 0.324 e. The van der Waals surface area contributed by atoms with Gasteiger partial charge >= 0.3 is 6.01 Å². The van der Waals surface area contributed by atoms with Crippen LogP contribution in [-0.2, 0) is 13.0 Å². The second-order valence-corrected chi connectivity index (χ2v) is 5.74.